The van der Waals surface area contributed by atoms with E-state index in [2.05, 4.69) is 5.32 Å². The fourth-order valence-corrected chi connectivity index (χ4v) is 2.42. The van der Waals surface area contributed by atoms with E-state index in [1.807, 2.05) is 13.0 Å². The molecule has 2 aromatic rings. The third-order valence-corrected chi connectivity index (χ3v) is 3.63. The summed E-state index contributed by atoms with van der Waals surface area (Å²) in [5.74, 6) is -1.65. The number of rotatable bonds is 6. The molecular formula is C20H21NO5. The number of anilines is 1. The molecule has 0 spiro atoms. The van der Waals surface area contributed by atoms with E-state index in [-0.39, 0.29) is 12.2 Å². The Kier molecular flexibility index (Phi) is 6.49. The molecule has 0 aliphatic rings. The van der Waals surface area contributed by atoms with Crippen LogP contribution in [-0.4, -0.2) is 31.1 Å². The molecule has 0 atom stereocenters. The summed E-state index contributed by atoms with van der Waals surface area (Å²) in [6.07, 6.45) is 0. The maximum atomic E-state index is 12.1. The van der Waals surface area contributed by atoms with Crippen molar-refractivity contribution < 1.29 is 23.9 Å². The number of esters is 2. The van der Waals surface area contributed by atoms with Crippen LogP contribution in [0.2, 0.25) is 0 Å². The number of carbonyl (C=O) groups excluding carboxylic acids is 3. The van der Waals surface area contributed by atoms with Crippen LogP contribution < -0.4 is 5.32 Å². The first-order chi connectivity index (χ1) is 12.4. The van der Waals surface area contributed by atoms with Crippen LogP contribution >= 0.6 is 0 Å². The number of carbonyl (C=O) groups is 3. The van der Waals surface area contributed by atoms with E-state index < -0.39 is 24.5 Å². The average Bonchev–Trinajstić information content (AvgIpc) is 2.60. The highest BCUT2D eigenvalue weighted by Gasteiger charge is 2.16. The van der Waals surface area contributed by atoms with Crippen LogP contribution in [0.5, 0.6) is 0 Å². The van der Waals surface area contributed by atoms with E-state index in [9.17, 15) is 14.4 Å². The van der Waals surface area contributed by atoms with Gasteiger partial charge in [0.25, 0.3) is 5.91 Å². The average molecular weight is 355 g/mol. The van der Waals surface area contributed by atoms with Crippen molar-refractivity contribution in [2.75, 3.05) is 18.5 Å². The molecule has 1 amide bonds. The van der Waals surface area contributed by atoms with Crippen molar-refractivity contribution in [2.24, 2.45) is 0 Å². The first-order valence-corrected chi connectivity index (χ1v) is 8.22. The van der Waals surface area contributed by atoms with Crippen LogP contribution in [0.4, 0.5) is 5.69 Å². The summed E-state index contributed by atoms with van der Waals surface area (Å²) in [6, 6.07) is 11.8. The molecule has 0 fully saturated rings. The Hall–Kier alpha value is -3.15. The van der Waals surface area contributed by atoms with Gasteiger partial charge in [0, 0.05) is 0 Å². The van der Waals surface area contributed by atoms with Gasteiger partial charge in [-0.1, -0.05) is 29.8 Å². The number of ether oxygens (including phenoxy) is 2. The second kappa shape index (κ2) is 8.80. The Bertz CT molecular complexity index is 829. The first-order valence-electron chi connectivity index (χ1n) is 8.22. The van der Waals surface area contributed by atoms with Gasteiger partial charge < -0.3 is 14.8 Å². The van der Waals surface area contributed by atoms with Crippen molar-refractivity contribution >= 4 is 23.5 Å². The van der Waals surface area contributed by atoms with E-state index in [4.69, 9.17) is 9.47 Å². The molecule has 2 rings (SSSR count). The van der Waals surface area contributed by atoms with Gasteiger partial charge in [0.1, 0.15) is 0 Å². The fraction of sp³-hybridized carbons (Fsp3) is 0.250. The van der Waals surface area contributed by atoms with E-state index >= 15 is 0 Å². The minimum Gasteiger partial charge on any atom is -0.462 e. The maximum absolute atomic E-state index is 12.1. The van der Waals surface area contributed by atoms with Crippen molar-refractivity contribution in [1.29, 1.82) is 0 Å². The van der Waals surface area contributed by atoms with Crippen molar-refractivity contribution in [2.45, 2.75) is 20.8 Å². The molecule has 26 heavy (non-hydrogen) atoms. The zero-order chi connectivity index (χ0) is 19.1. The minimum atomic E-state index is -0.573. The van der Waals surface area contributed by atoms with Gasteiger partial charge in [0.05, 0.1) is 23.4 Å². The number of nitrogens with one attached hydrogen (secondary N) is 1. The molecule has 6 nitrogen and oxygen atoms in total. The lowest BCUT2D eigenvalue weighted by Crippen LogP contribution is -2.22. The lowest BCUT2D eigenvalue weighted by molar-refractivity contribution is -0.119. The van der Waals surface area contributed by atoms with Gasteiger partial charge in [-0.3, -0.25) is 4.79 Å². The summed E-state index contributed by atoms with van der Waals surface area (Å²) in [7, 11) is 0. The molecule has 0 unspecified atom stereocenters. The van der Waals surface area contributed by atoms with Gasteiger partial charge in [0.15, 0.2) is 6.61 Å². The Morgan fingerprint density at radius 2 is 1.62 bits per heavy atom. The molecule has 0 aliphatic carbocycles. The number of amides is 1. The number of hydrogen-bond donors (Lipinski definition) is 1. The molecule has 0 aromatic heterocycles. The SMILES string of the molecule is CCOC(=O)c1ccccc1NC(=O)COC(=O)c1ccc(C)cc1C. The topological polar surface area (TPSA) is 81.7 Å². The van der Waals surface area contributed by atoms with Gasteiger partial charge in [-0.25, -0.2) is 9.59 Å². The molecule has 6 heteroatoms. The number of hydrogen-bond acceptors (Lipinski definition) is 5. The van der Waals surface area contributed by atoms with Crippen molar-refractivity contribution in [3.8, 4) is 0 Å². The normalized spacial score (nSPS) is 10.1. The largest absolute Gasteiger partial charge is 0.462 e. The molecule has 136 valence electrons. The Morgan fingerprint density at radius 3 is 2.31 bits per heavy atom. The molecule has 0 radical (unpaired) electrons. The van der Waals surface area contributed by atoms with Crippen molar-refractivity contribution in [1.82, 2.24) is 0 Å². The molecule has 1 N–H and O–H groups in total. The van der Waals surface area contributed by atoms with E-state index in [0.29, 0.717) is 11.3 Å². The summed E-state index contributed by atoms with van der Waals surface area (Å²) in [5.41, 5.74) is 2.77. The Balaban J connectivity index is 1.99. The summed E-state index contributed by atoms with van der Waals surface area (Å²) >= 11 is 0. The second-order valence-electron chi connectivity index (χ2n) is 5.71. The van der Waals surface area contributed by atoms with Gasteiger partial charge >= 0.3 is 11.9 Å². The van der Waals surface area contributed by atoms with Crippen LogP contribution in [0.25, 0.3) is 0 Å². The second-order valence-corrected chi connectivity index (χ2v) is 5.71. The zero-order valence-electron chi connectivity index (χ0n) is 15.0. The highest BCUT2D eigenvalue weighted by atomic mass is 16.5. The minimum absolute atomic E-state index is 0.231. The van der Waals surface area contributed by atoms with Gasteiger partial charge in [0.2, 0.25) is 0 Å². The first kappa shape index (κ1) is 19.2. The predicted octanol–water partition coefficient (Wildman–Crippen LogP) is 3.28. The lowest BCUT2D eigenvalue weighted by Gasteiger charge is -2.11. The number of benzene rings is 2. The van der Waals surface area contributed by atoms with Crippen LogP contribution in [-0.2, 0) is 14.3 Å². The van der Waals surface area contributed by atoms with Crippen LogP contribution in [0.1, 0.15) is 38.8 Å². The summed E-state index contributed by atoms with van der Waals surface area (Å²) in [5, 5.41) is 2.56. The standard InChI is InChI=1S/C20H21NO5/c1-4-25-20(24)16-7-5-6-8-17(16)21-18(22)12-26-19(23)15-10-9-13(2)11-14(15)3/h5-11H,4,12H2,1-3H3,(H,21,22). The highest BCUT2D eigenvalue weighted by Crippen LogP contribution is 2.16. The third-order valence-electron chi connectivity index (χ3n) is 3.63. The predicted molar refractivity (Wildman–Crippen MR) is 97.2 cm³/mol. The lowest BCUT2D eigenvalue weighted by atomic mass is 10.1. The van der Waals surface area contributed by atoms with Crippen molar-refractivity contribution in [3.05, 3.63) is 64.7 Å². The molecule has 2 aromatic carbocycles. The highest BCUT2D eigenvalue weighted by molar-refractivity contribution is 6.02. The van der Waals surface area contributed by atoms with Crippen LogP contribution in [0.15, 0.2) is 42.5 Å². The molecule has 0 saturated heterocycles. The maximum Gasteiger partial charge on any atom is 0.340 e. The smallest absolute Gasteiger partial charge is 0.340 e. The summed E-state index contributed by atoms with van der Waals surface area (Å²) < 4.78 is 10.0. The van der Waals surface area contributed by atoms with Gasteiger partial charge in [-0.2, -0.15) is 0 Å². The summed E-state index contributed by atoms with van der Waals surface area (Å²) in [6.45, 7) is 5.21. The Morgan fingerprint density at radius 1 is 0.923 bits per heavy atom. The molecule has 0 heterocycles. The fourth-order valence-electron chi connectivity index (χ4n) is 2.42. The molecule has 0 bridgehead atoms. The zero-order valence-corrected chi connectivity index (χ0v) is 15.0. The Labute approximate surface area is 152 Å². The number of para-hydroxylation sites is 1. The molecular weight excluding hydrogens is 334 g/mol. The van der Waals surface area contributed by atoms with Crippen molar-refractivity contribution in [3.63, 3.8) is 0 Å². The van der Waals surface area contributed by atoms with Gasteiger partial charge in [-0.15, -0.1) is 0 Å². The van der Waals surface area contributed by atoms with Crippen LogP contribution in [0.3, 0.4) is 0 Å². The van der Waals surface area contributed by atoms with E-state index in [0.717, 1.165) is 11.1 Å². The van der Waals surface area contributed by atoms with Gasteiger partial charge in [-0.05, 0) is 44.5 Å². The quantitative estimate of drug-likeness (QED) is 0.804. The van der Waals surface area contributed by atoms with E-state index in [1.165, 1.54) is 0 Å². The number of aryl methyl sites for hydroxylation is 2. The summed E-state index contributed by atoms with van der Waals surface area (Å²) in [4.78, 5) is 36.1. The van der Waals surface area contributed by atoms with Crippen LogP contribution in [0, 0.1) is 13.8 Å². The molecule has 0 saturated carbocycles. The monoisotopic (exact) mass is 355 g/mol. The molecule has 0 aliphatic heterocycles. The van der Waals surface area contributed by atoms with E-state index in [1.54, 1.807) is 50.2 Å². The third kappa shape index (κ3) is 4.92.